The lowest BCUT2D eigenvalue weighted by Crippen LogP contribution is -2.56. The van der Waals surface area contributed by atoms with E-state index in [0.29, 0.717) is 19.6 Å². The van der Waals surface area contributed by atoms with Crippen LogP contribution in [0.1, 0.15) is 12.5 Å². The molecule has 6 atom stereocenters. The van der Waals surface area contributed by atoms with E-state index in [0.717, 1.165) is 16.6 Å². The fourth-order valence-electron chi connectivity index (χ4n) is 6.99. The molecule has 3 aromatic rings. The van der Waals surface area contributed by atoms with Crippen molar-refractivity contribution < 1.29 is 19.5 Å². The van der Waals surface area contributed by atoms with E-state index in [2.05, 4.69) is 10.3 Å². The van der Waals surface area contributed by atoms with E-state index in [4.69, 9.17) is 0 Å². The van der Waals surface area contributed by atoms with Crippen LogP contribution in [0.4, 0.5) is 0 Å². The Balaban J connectivity index is 1.26. The summed E-state index contributed by atoms with van der Waals surface area (Å²) in [5, 5.41) is 18.5. The molecule has 2 aromatic carbocycles. The number of fused-ring (bicyclic) bond motifs is 3. The van der Waals surface area contributed by atoms with Gasteiger partial charge in [-0.25, -0.2) is 4.68 Å². The maximum Gasteiger partial charge on any atom is 0.248 e. The van der Waals surface area contributed by atoms with Gasteiger partial charge < -0.3 is 19.8 Å². The van der Waals surface area contributed by atoms with Crippen molar-refractivity contribution in [3.8, 4) is 0 Å². The van der Waals surface area contributed by atoms with Gasteiger partial charge in [-0.15, -0.1) is 16.9 Å². The highest BCUT2D eigenvalue weighted by Crippen LogP contribution is 2.61. The first-order valence-electron chi connectivity index (χ1n) is 14.3. The number of amides is 3. The third-order valence-corrected chi connectivity index (χ3v) is 10.7. The second-order valence-electron chi connectivity index (χ2n) is 11.4. The van der Waals surface area contributed by atoms with E-state index in [1.54, 1.807) is 26.3 Å². The zero-order chi connectivity index (χ0) is 29.0. The Hall–Kier alpha value is -3.96. The molecule has 5 heterocycles. The first kappa shape index (κ1) is 26.9. The number of rotatable bonds is 6. The summed E-state index contributed by atoms with van der Waals surface area (Å²) in [5.41, 5.74) is 2.56. The Labute approximate surface area is 247 Å². The number of likely N-dealkylation sites (tertiary alicyclic amines) is 1. The molecule has 1 unspecified atom stereocenters. The van der Waals surface area contributed by atoms with Crippen molar-refractivity contribution in [2.75, 3.05) is 19.7 Å². The van der Waals surface area contributed by atoms with Crippen LogP contribution in [0.2, 0.25) is 0 Å². The lowest BCUT2D eigenvalue weighted by atomic mass is 9.78. The number of aromatic nitrogens is 3. The average Bonchev–Trinajstić information content (AvgIpc) is 3.57. The minimum Gasteiger partial charge on any atom is -0.394 e. The smallest absolute Gasteiger partial charge is 0.248 e. The van der Waals surface area contributed by atoms with Crippen molar-refractivity contribution in [3.63, 3.8) is 0 Å². The molecule has 4 aliphatic heterocycles. The van der Waals surface area contributed by atoms with Crippen molar-refractivity contribution in [1.82, 2.24) is 29.7 Å². The number of nitrogens with zero attached hydrogens (tertiary/aromatic N) is 6. The van der Waals surface area contributed by atoms with Crippen molar-refractivity contribution in [1.29, 1.82) is 0 Å². The minimum absolute atomic E-state index is 0.0788. The summed E-state index contributed by atoms with van der Waals surface area (Å²) in [6.07, 6.45) is 7.98. The topological polar surface area (TPSA) is 112 Å². The zero-order valence-corrected chi connectivity index (χ0v) is 24.0. The number of hydrogen-bond donors (Lipinski definition) is 1. The number of carbonyl (C=O) groups is 3. The van der Waals surface area contributed by atoms with Gasteiger partial charge in [-0.05, 0) is 24.6 Å². The first-order chi connectivity index (χ1) is 20.4. The summed E-state index contributed by atoms with van der Waals surface area (Å²) in [5.74, 6) is -1.91. The fourth-order valence-corrected chi connectivity index (χ4v) is 8.99. The van der Waals surface area contributed by atoms with Gasteiger partial charge in [0.1, 0.15) is 18.2 Å². The SMILES string of the molecule is C[C@H](CO)N1C(=O)[C@@H]2[C@@H]3C(=O)N(Cc4ccccc4)CC=C[C@@H]3S[C@@]23C=CCN(Cn2nnc4ccccc42)C(=O)C13. The number of aliphatic hydroxyl groups is 1. The molecular weight excluding hydrogens is 552 g/mol. The predicted octanol–water partition coefficient (Wildman–Crippen LogP) is 2.06. The maximum absolute atomic E-state index is 14.5. The van der Waals surface area contributed by atoms with E-state index in [-0.39, 0.29) is 36.2 Å². The van der Waals surface area contributed by atoms with Crippen molar-refractivity contribution in [3.05, 3.63) is 84.5 Å². The largest absolute Gasteiger partial charge is 0.394 e. The number of aliphatic hydroxyl groups excluding tert-OH is 1. The summed E-state index contributed by atoms with van der Waals surface area (Å²) in [6, 6.07) is 15.9. The molecule has 42 heavy (non-hydrogen) atoms. The van der Waals surface area contributed by atoms with Crippen LogP contribution < -0.4 is 0 Å². The summed E-state index contributed by atoms with van der Waals surface area (Å²) in [7, 11) is 0. The molecule has 216 valence electrons. The molecule has 0 aliphatic carbocycles. The molecule has 0 bridgehead atoms. The summed E-state index contributed by atoms with van der Waals surface area (Å²) in [4.78, 5) is 48.1. The monoisotopic (exact) mass is 584 g/mol. The number of para-hydroxylation sites is 1. The molecule has 1 N–H and O–H groups in total. The average molecular weight is 585 g/mol. The van der Waals surface area contributed by atoms with Crippen LogP contribution in [0, 0.1) is 11.8 Å². The molecule has 0 saturated carbocycles. The van der Waals surface area contributed by atoms with Crippen LogP contribution in [0.3, 0.4) is 0 Å². The van der Waals surface area contributed by atoms with Crippen molar-refractivity contribution in [2.24, 2.45) is 11.8 Å². The van der Waals surface area contributed by atoms with E-state index < -0.39 is 28.7 Å². The van der Waals surface area contributed by atoms with Gasteiger partial charge in [0.15, 0.2) is 0 Å². The second kappa shape index (κ2) is 10.4. The van der Waals surface area contributed by atoms with E-state index in [1.807, 2.05) is 78.9 Å². The molecule has 1 aromatic heterocycles. The van der Waals surface area contributed by atoms with Crippen LogP contribution in [0.25, 0.3) is 11.0 Å². The second-order valence-corrected chi connectivity index (χ2v) is 12.9. The molecule has 2 fully saturated rings. The van der Waals surface area contributed by atoms with E-state index >= 15 is 0 Å². The Morgan fingerprint density at radius 1 is 0.976 bits per heavy atom. The van der Waals surface area contributed by atoms with Gasteiger partial charge in [0.05, 0.1) is 34.7 Å². The Morgan fingerprint density at radius 2 is 1.74 bits per heavy atom. The standard InChI is InChI=1S/C31H32N6O4S/c1-20(18-38)37-27-30(41)35(19-36-23-12-6-5-11-22(23)32-33-36)16-8-14-31(27)26(29(37)40)25-24(42-31)13-7-15-34(28(25)39)17-21-9-3-2-4-10-21/h2-14,20,24-27,38H,15-19H2,1H3/t20-,24+,25-,26+,27?,31+/m1/s1. The summed E-state index contributed by atoms with van der Waals surface area (Å²) >= 11 is 1.54. The van der Waals surface area contributed by atoms with Gasteiger partial charge in [0, 0.05) is 24.9 Å². The van der Waals surface area contributed by atoms with Crippen LogP contribution in [0.15, 0.2) is 78.9 Å². The lowest BCUT2D eigenvalue weighted by molar-refractivity contribution is -0.147. The molecule has 1 spiro atoms. The summed E-state index contributed by atoms with van der Waals surface area (Å²) < 4.78 is 0.745. The van der Waals surface area contributed by atoms with Gasteiger partial charge in [0.25, 0.3) is 0 Å². The van der Waals surface area contributed by atoms with E-state index in [1.165, 1.54) is 11.8 Å². The third kappa shape index (κ3) is 4.09. The van der Waals surface area contributed by atoms with Gasteiger partial charge in [-0.2, -0.15) is 0 Å². The van der Waals surface area contributed by atoms with Gasteiger partial charge in [-0.3, -0.25) is 14.4 Å². The van der Waals surface area contributed by atoms with Crippen LogP contribution in [-0.4, -0.2) is 94.3 Å². The molecule has 0 radical (unpaired) electrons. The highest BCUT2D eigenvalue weighted by molar-refractivity contribution is 8.02. The van der Waals surface area contributed by atoms with Crippen LogP contribution in [0.5, 0.6) is 0 Å². The summed E-state index contributed by atoms with van der Waals surface area (Å²) in [6.45, 7) is 2.86. The Kier molecular flexibility index (Phi) is 6.66. The number of benzene rings is 2. The molecule has 7 rings (SSSR count). The van der Waals surface area contributed by atoms with Crippen molar-refractivity contribution >= 4 is 40.5 Å². The highest BCUT2D eigenvalue weighted by atomic mass is 32.2. The molecule has 3 amide bonds. The first-order valence-corrected chi connectivity index (χ1v) is 15.2. The lowest BCUT2D eigenvalue weighted by Gasteiger charge is -2.37. The minimum atomic E-state index is -0.943. The maximum atomic E-state index is 14.5. The molecular formula is C31H32N6O4S. The zero-order valence-electron chi connectivity index (χ0n) is 23.2. The number of carbonyl (C=O) groups excluding carboxylic acids is 3. The van der Waals surface area contributed by atoms with Crippen LogP contribution in [-0.2, 0) is 27.6 Å². The van der Waals surface area contributed by atoms with Gasteiger partial charge in [0.2, 0.25) is 17.7 Å². The quantitative estimate of drug-likeness (QED) is 0.442. The number of hydrogen-bond acceptors (Lipinski definition) is 7. The van der Waals surface area contributed by atoms with Gasteiger partial charge >= 0.3 is 0 Å². The van der Waals surface area contributed by atoms with Crippen molar-refractivity contribution in [2.45, 2.75) is 42.2 Å². The third-order valence-electron chi connectivity index (χ3n) is 8.94. The highest BCUT2D eigenvalue weighted by Gasteiger charge is 2.71. The van der Waals surface area contributed by atoms with Crippen LogP contribution >= 0.6 is 11.8 Å². The van der Waals surface area contributed by atoms with E-state index in [9.17, 15) is 19.5 Å². The Morgan fingerprint density at radius 3 is 2.55 bits per heavy atom. The molecule has 10 nitrogen and oxygen atoms in total. The Bertz CT molecular complexity index is 1610. The fraction of sp³-hybridized carbons (Fsp3) is 0.387. The molecule has 2 saturated heterocycles. The number of thioether (sulfide) groups is 1. The molecule has 4 aliphatic rings. The molecule has 11 heteroatoms. The predicted molar refractivity (Wildman–Crippen MR) is 158 cm³/mol. The van der Waals surface area contributed by atoms with Gasteiger partial charge in [-0.1, -0.05) is 72.0 Å². The normalized spacial score (nSPS) is 29.5.